The van der Waals surface area contributed by atoms with Gasteiger partial charge in [0.05, 0.1) is 5.56 Å². The summed E-state index contributed by atoms with van der Waals surface area (Å²) in [6, 6.07) is 5.30. The Morgan fingerprint density at radius 3 is 2.89 bits per heavy atom. The van der Waals surface area contributed by atoms with Crippen LogP contribution >= 0.6 is 0 Å². The van der Waals surface area contributed by atoms with Crippen molar-refractivity contribution in [3.8, 4) is 6.07 Å². The van der Waals surface area contributed by atoms with Crippen LogP contribution < -0.4 is 5.32 Å². The van der Waals surface area contributed by atoms with E-state index in [2.05, 4.69) is 10.3 Å². The van der Waals surface area contributed by atoms with Gasteiger partial charge in [-0.05, 0) is 30.9 Å². The zero-order valence-corrected chi connectivity index (χ0v) is 10.4. The molecule has 0 saturated heterocycles. The molecule has 18 heavy (non-hydrogen) atoms. The first-order chi connectivity index (χ1) is 8.78. The summed E-state index contributed by atoms with van der Waals surface area (Å²) in [7, 11) is 0. The molecule has 1 fully saturated rings. The fourth-order valence-corrected chi connectivity index (χ4v) is 2.07. The van der Waals surface area contributed by atoms with E-state index in [-0.39, 0.29) is 5.91 Å². The Kier molecular flexibility index (Phi) is 4.30. The summed E-state index contributed by atoms with van der Waals surface area (Å²) in [6.45, 7) is 0. The molecule has 0 spiro atoms. The zero-order valence-electron chi connectivity index (χ0n) is 10.4. The van der Waals surface area contributed by atoms with Crippen molar-refractivity contribution >= 4 is 11.7 Å². The lowest BCUT2D eigenvalue weighted by molar-refractivity contribution is -0.116. The monoisotopic (exact) mass is 243 g/mol. The van der Waals surface area contributed by atoms with Gasteiger partial charge in [0.2, 0.25) is 5.91 Å². The summed E-state index contributed by atoms with van der Waals surface area (Å²) in [4.78, 5) is 15.6. The van der Waals surface area contributed by atoms with Crippen LogP contribution in [0, 0.1) is 17.2 Å². The van der Waals surface area contributed by atoms with Gasteiger partial charge < -0.3 is 5.32 Å². The van der Waals surface area contributed by atoms with Crippen LogP contribution in [-0.2, 0) is 4.79 Å². The quantitative estimate of drug-likeness (QED) is 0.864. The molecule has 0 aromatic carbocycles. The minimum atomic E-state index is 0.00605. The lowest BCUT2D eigenvalue weighted by Gasteiger charge is -2.24. The molecular formula is C14H17N3O. The number of nitrogens with one attached hydrogen (secondary N) is 1. The highest BCUT2D eigenvalue weighted by molar-refractivity contribution is 5.89. The molecule has 2 rings (SSSR count). The zero-order chi connectivity index (χ0) is 12.8. The van der Waals surface area contributed by atoms with Crippen molar-refractivity contribution in [1.82, 2.24) is 4.98 Å². The molecule has 1 amide bonds. The average molecular weight is 243 g/mol. The molecule has 94 valence electrons. The first kappa shape index (κ1) is 12.6. The van der Waals surface area contributed by atoms with Gasteiger partial charge in [-0.1, -0.05) is 19.3 Å². The van der Waals surface area contributed by atoms with E-state index >= 15 is 0 Å². The molecule has 0 aliphatic heterocycles. The number of carbonyl (C=O) groups excluding carboxylic acids is 1. The second-order valence-corrected chi connectivity index (χ2v) is 4.78. The highest BCUT2D eigenvalue weighted by Crippen LogP contribution is 2.30. The van der Waals surface area contributed by atoms with Crippen molar-refractivity contribution in [2.45, 2.75) is 38.5 Å². The van der Waals surface area contributed by atoms with E-state index in [4.69, 9.17) is 5.26 Å². The third-order valence-corrected chi connectivity index (χ3v) is 3.40. The summed E-state index contributed by atoms with van der Waals surface area (Å²) < 4.78 is 0. The van der Waals surface area contributed by atoms with Crippen LogP contribution in [0.5, 0.6) is 0 Å². The minimum absolute atomic E-state index is 0.00605. The molecule has 1 aliphatic carbocycles. The minimum Gasteiger partial charge on any atom is -0.311 e. The summed E-state index contributed by atoms with van der Waals surface area (Å²) in [5.41, 5.74) is 0.498. The van der Waals surface area contributed by atoms with Gasteiger partial charge in [0.25, 0.3) is 0 Å². The van der Waals surface area contributed by atoms with Gasteiger partial charge in [0.1, 0.15) is 11.9 Å². The van der Waals surface area contributed by atoms with Crippen LogP contribution in [0.2, 0.25) is 0 Å². The molecule has 1 N–H and O–H groups in total. The predicted molar refractivity (Wildman–Crippen MR) is 68.8 cm³/mol. The topological polar surface area (TPSA) is 65.8 Å². The van der Waals surface area contributed by atoms with E-state index in [0.717, 1.165) is 18.8 Å². The van der Waals surface area contributed by atoms with Gasteiger partial charge in [-0.25, -0.2) is 4.98 Å². The van der Waals surface area contributed by atoms with Gasteiger partial charge in [-0.3, -0.25) is 4.79 Å². The molecule has 0 radical (unpaired) electrons. The maximum Gasteiger partial charge on any atom is 0.225 e. The number of nitrogens with zero attached hydrogens (tertiary/aromatic N) is 2. The van der Waals surface area contributed by atoms with Crippen LogP contribution in [0.3, 0.4) is 0 Å². The Bertz CT molecular complexity index is 443. The predicted octanol–water partition coefficient (Wildman–Crippen LogP) is 2.86. The largest absolute Gasteiger partial charge is 0.311 e. The molecule has 4 heteroatoms. The van der Waals surface area contributed by atoms with Crippen LogP contribution in [0.4, 0.5) is 5.82 Å². The Morgan fingerprint density at radius 2 is 2.33 bits per heavy atom. The Hall–Kier alpha value is -1.89. The summed E-state index contributed by atoms with van der Waals surface area (Å²) >= 11 is 0. The van der Waals surface area contributed by atoms with Gasteiger partial charge in [0.15, 0.2) is 0 Å². The average Bonchev–Trinajstić information content (AvgIpc) is 2.33. The molecule has 0 unspecified atom stereocenters. The fraction of sp³-hybridized carbons (Fsp3) is 0.500. The third-order valence-electron chi connectivity index (χ3n) is 3.40. The third kappa shape index (κ3) is 3.56. The Labute approximate surface area is 107 Å². The summed E-state index contributed by atoms with van der Waals surface area (Å²) in [5, 5.41) is 11.4. The molecule has 1 heterocycles. The van der Waals surface area contributed by atoms with Gasteiger partial charge >= 0.3 is 0 Å². The normalized spacial score (nSPS) is 14.6. The molecular weight excluding hydrogens is 226 g/mol. The van der Waals surface area contributed by atoms with E-state index in [0.29, 0.717) is 17.8 Å². The fourth-order valence-electron chi connectivity index (χ4n) is 2.07. The Morgan fingerprint density at radius 1 is 1.50 bits per heavy atom. The van der Waals surface area contributed by atoms with Crippen molar-refractivity contribution in [2.24, 2.45) is 5.92 Å². The van der Waals surface area contributed by atoms with Crippen LogP contribution in [0.1, 0.15) is 44.1 Å². The number of pyridine rings is 1. The number of hydrogen-bond acceptors (Lipinski definition) is 3. The lowest BCUT2D eigenvalue weighted by atomic mass is 9.82. The number of amides is 1. The standard InChI is InChI=1S/C14H17N3O/c15-9-12-7-8-13(16-10-12)17-14(18)6-2-5-11-3-1-4-11/h7-8,10-11H,1-6H2,(H,16,17,18). The number of nitriles is 1. The molecule has 1 aliphatic rings. The second-order valence-electron chi connectivity index (χ2n) is 4.78. The molecule has 4 nitrogen and oxygen atoms in total. The summed E-state index contributed by atoms with van der Waals surface area (Å²) in [5.74, 6) is 1.38. The maximum atomic E-state index is 11.6. The first-order valence-corrected chi connectivity index (χ1v) is 6.44. The highest BCUT2D eigenvalue weighted by Gasteiger charge is 2.17. The number of carbonyl (C=O) groups is 1. The number of anilines is 1. The van der Waals surface area contributed by atoms with E-state index in [1.807, 2.05) is 6.07 Å². The molecule has 0 atom stereocenters. The van der Waals surface area contributed by atoms with Gasteiger partial charge in [-0.15, -0.1) is 0 Å². The first-order valence-electron chi connectivity index (χ1n) is 6.44. The molecule has 1 aromatic rings. The molecule has 1 aromatic heterocycles. The highest BCUT2D eigenvalue weighted by atomic mass is 16.1. The lowest BCUT2D eigenvalue weighted by Crippen LogP contribution is -2.15. The Balaban J connectivity index is 1.70. The van der Waals surface area contributed by atoms with E-state index < -0.39 is 0 Å². The van der Waals surface area contributed by atoms with Gasteiger partial charge in [0, 0.05) is 12.6 Å². The van der Waals surface area contributed by atoms with Gasteiger partial charge in [-0.2, -0.15) is 5.26 Å². The van der Waals surface area contributed by atoms with Crippen molar-refractivity contribution in [2.75, 3.05) is 5.32 Å². The van der Waals surface area contributed by atoms with E-state index in [1.54, 1.807) is 12.1 Å². The SMILES string of the molecule is N#Cc1ccc(NC(=O)CCCC2CCC2)nc1. The van der Waals surface area contributed by atoms with Crippen LogP contribution in [0.25, 0.3) is 0 Å². The number of aromatic nitrogens is 1. The van der Waals surface area contributed by atoms with Crippen LogP contribution in [-0.4, -0.2) is 10.9 Å². The van der Waals surface area contributed by atoms with Crippen LogP contribution in [0.15, 0.2) is 18.3 Å². The number of hydrogen-bond donors (Lipinski definition) is 1. The summed E-state index contributed by atoms with van der Waals surface area (Å²) in [6.07, 6.45) is 8.15. The second kappa shape index (κ2) is 6.15. The van der Waals surface area contributed by atoms with Crippen molar-refractivity contribution in [1.29, 1.82) is 5.26 Å². The maximum absolute atomic E-state index is 11.6. The molecule has 1 saturated carbocycles. The van der Waals surface area contributed by atoms with Crippen molar-refractivity contribution in [3.63, 3.8) is 0 Å². The van der Waals surface area contributed by atoms with E-state index in [9.17, 15) is 4.79 Å². The van der Waals surface area contributed by atoms with Crippen molar-refractivity contribution in [3.05, 3.63) is 23.9 Å². The van der Waals surface area contributed by atoms with Crippen molar-refractivity contribution < 1.29 is 4.79 Å². The molecule has 0 bridgehead atoms. The van der Waals surface area contributed by atoms with E-state index in [1.165, 1.54) is 25.5 Å². The smallest absolute Gasteiger partial charge is 0.225 e. The number of rotatable bonds is 5.